The Balaban J connectivity index is 3.52. The van der Waals surface area contributed by atoms with Crippen molar-refractivity contribution in [1.82, 2.24) is 0 Å². The first-order chi connectivity index (χ1) is 5.70. The summed E-state index contributed by atoms with van der Waals surface area (Å²) < 4.78 is 4.96. The number of ether oxygens (including phenoxy) is 1. The Kier molecular flexibility index (Phi) is 6.07. The summed E-state index contributed by atoms with van der Waals surface area (Å²) in [6.07, 6.45) is 6.49. The Hall–Kier alpha value is -1.05. The molecule has 0 N–H and O–H groups in total. The first-order valence-corrected chi connectivity index (χ1v) is 4.14. The van der Waals surface area contributed by atoms with Crippen molar-refractivity contribution in [2.45, 2.75) is 32.8 Å². The molecule has 2 nitrogen and oxygen atoms in total. The average Bonchev–Trinajstić information content (AvgIpc) is 2.05. The predicted molar refractivity (Wildman–Crippen MR) is 49.8 cm³/mol. The van der Waals surface area contributed by atoms with E-state index in [4.69, 9.17) is 4.74 Å². The van der Waals surface area contributed by atoms with Crippen LogP contribution in [0.1, 0.15) is 26.7 Å². The predicted octanol–water partition coefficient (Wildman–Crippen LogP) is 2.46. The summed E-state index contributed by atoms with van der Waals surface area (Å²) in [5, 5.41) is 0. The van der Waals surface area contributed by atoms with Gasteiger partial charge < -0.3 is 4.74 Å². The molecule has 0 radical (unpaired) electrons. The van der Waals surface area contributed by atoms with Crippen LogP contribution in [0.5, 0.6) is 0 Å². The van der Waals surface area contributed by atoms with Crippen molar-refractivity contribution >= 4 is 5.97 Å². The molecule has 0 fully saturated rings. The minimum absolute atomic E-state index is 0.166. The van der Waals surface area contributed by atoms with E-state index in [1.54, 1.807) is 13.0 Å². The van der Waals surface area contributed by atoms with Crippen LogP contribution in [-0.4, -0.2) is 12.1 Å². The van der Waals surface area contributed by atoms with Gasteiger partial charge in [-0.25, -0.2) is 0 Å². The van der Waals surface area contributed by atoms with Gasteiger partial charge in [-0.2, -0.15) is 0 Å². The Bertz CT molecular complexity index is 171. The van der Waals surface area contributed by atoms with Crippen LogP contribution in [0.4, 0.5) is 0 Å². The highest BCUT2D eigenvalue weighted by atomic mass is 16.5. The average molecular weight is 168 g/mol. The van der Waals surface area contributed by atoms with Crippen LogP contribution < -0.4 is 0 Å². The van der Waals surface area contributed by atoms with Gasteiger partial charge in [0.1, 0.15) is 6.10 Å². The summed E-state index contributed by atoms with van der Waals surface area (Å²) in [4.78, 5) is 11.0. The smallest absolute Gasteiger partial charge is 0.306 e. The lowest BCUT2D eigenvalue weighted by molar-refractivity contribution is -0.146. The third kappa shape index (κ3) is 5.71. The Morgan fingerprint density at radius 3 is 2.83 bits per heavy atom. The van der Waals surface area contributed by atoms with Crippen LogP contribution in [0.3, 0.4) is 0 Å². The van der Waals surface area contributed by atoms with Crippen LogP contribution in [0.25, 0.3) is 0 Å². The van der Waals surface area contributed by atoms with Crippen LogP contribution >= 0.6 is 0 Å². The monoisotopic (exact) mass is 168 g/mol. The SMILES string of the molecule is C=CC(C)OC(=O)CCC=CC. The lowest BCUT2D eigenvalue weighted by atomic mass is 10.3. The van der Waals surface area contributed by atoms with Crippen molar-refractivity contribution in [3.05, 3.63) is 24.8 Å². The van der Waals surface area contributed by atoms with Gasteiger partial charge in [0.15, 0.2) is 0 Å². The molecule has 0 aliphatic rings. The summed E-state index contributed by atoms with van der Waals surface area (Å²) in [6.45, 7) is 7.24. The largest absolute Gasteiger partial charge is 0.458 e. The minimum Gasteiger partial charge on any atom is -0.458 e. The zero-order valence-electron chi connectivity index (χ0n) is 7.75. The van der Waals surface area contributed by atoms with Crippen molar-refractivity contribution < 1.29 is 9.53 Å². The second kappa shape index (κ2) is 6.65. The molecule has 0 saturated heterocycles. The molecule has 0 bridgehead atoms. The van der Waals surface area contributed by atoms with Gasteiger partial charge >= 0.3 is 5.97 Å². The molecule has 1 unspecified atom stereocenters. The maximum Gasteiger partial charge on any atom is 0.306 e. The molecule has 0 spiro atoms. The maximum atomic E-state index is 11.0. The van der Waals surface area contributed by atoms with Gasteiger partial charge in [0.05, 0.1) is 0 Å². The van der Waals surface area contributed by atoms with Gasteiger partial charge in [-0.15, -0.1) is 0 Å². The van der Waals surface area contributed by atoms with Crippen molar-refractivity contribution in [3.8, 4) is 0 Å². The maximum absolute atomic E-state index is 11.0. The number of hydrogen-bond donors (Lipinski definition) is 0. The highest BCUT2D eigenvalue weighted by molar-refractivity contribution is 5.69. The second-order valence-electron chi connectivity index (χ2n) is 2.54. The normalized spacial score (nSPS) is 12.8. The summed E-state index contributed by atoms with van der Waals surface area (Å²) in [7, 11) is 0. The third-order valence-electron chi connectivity index (χ3n) is 1.40. The molecule has 0 aliphatic carbocycles. The van der Waals surface area contributed by atoms with E-state index in [1.165, 1.54) is 0 Å². The first-order valence-electron chi connectivity index (χ1n) is 4.14. The molecule has 0 aromatic rings. The standard InChI is InChI=1S/C10H16O2/c1-4-6-7-8-10(11)12-9(3)5-2/h4-6,9H,2,7-8H2,1,3H3. The zero-order valence-corrected chi connectivity index (χ0v) is 7.75. The van der Waals surface area contributed by atoms with Gasteiger partial charge in [0.25, 0.3) is 0 Å². The van der Waals surface area contributed by atoms with E-state index in [0.717, 1.165) is 6.42 Å². The molecule has 0 saturated carbocycles. The van der Waals surface area contributed by atoms with Gasteiger partial charge in [-0.1, -0.05) is 24.8 Å². The van der Waals surface area contributed by atoms with Crippen molar-refractivity contribution in [1.29, 1.82) is 0 Å². The van der Waals surface area contributed by atoms with Crippen LogP contribution in [0.2, 0.25) is 0 Å². The number of carbonyl (C=O) groups excluding carboxylic acids is 1. The summed E-state index contributed by atoms with van der Waals surface area (Å²) in [5.74, 6) is -0.166. The minimum atomic E-state index is -0.178. The quantitative estimate of drug-likeness (QED) is 0.465. The molecule has 0 rings (SSSR count). The molecule has 68 valence electrons. The number of allylic oxidation sites excluding steroid dienone is 2. The molecule has 0 aliphatic heterocycles. The van der Waals surface area contributed by atoms with E-state index in [0.29, 0.717) is 6.42 Å². The Labute approximate surface area is 73.9 Å². The molecular formula is C10H16O2. The summed E-state index contributed by atoms with van der Waals surface area (Å²) in [5.41, 5.74) is 0. The van der Waals surface area contributed by atoms with Gasteiger partial charge in [-0.3, -0.25) is 4.79 Å². The fourth-order valence-corrected chi connectivity index (χ4v) is 0.682. The van der Waals surface area contributed by atoms with Crippen LogP contribution in [0.15, 0.2) is 24.8 Å². The molecule has 1 atom stereocenters. The lowest BCUT2D eigenvalue weighted by Crippen LogP contribution is -2.11. The van der Waals surface area contributed by atoms with Crippen LogP contribution in [-0.2, 0) is 9.53 Å². The molecule has 0 aromatic heterocycles. The topological polar surface area (TPSA) is 26.3 Å². The van der Waals surface area contributed by atoms with Gasteiger partial charge in [0, 0.05) is 6.42 Å². The third-order valence-corrected chi connectivity index (χ3v) is 1.40. The Morgan fingerprint density at radius 2 is 2.33 bits per heavy atom. The lowest BCUT2D eigenvalue weighted by Gasteiger charge is -2.06. The van der Waals surface area contributed by atoms with Crippen molar-refractivity contribution in [2.24, 2.45) is 0 Å². The fraction of sp³-hybridized carbons (Fsp3) is 0.500. The van der Waals surface area contributed by atoms with Crippen LogP contribution in [0, 0.1) is 0 Å². The number of hydrogen-bond acceptors (Lipinski definition) is 2. The number of esters is 1. The van der Waals surface area contributed by atoms with E-state index in [1.807, 2.05) is 19.1 Å². The van der Waals surface area contributed by atoms with Crippen molar-refractivity contribution in [3.63, 3.8) is 0 Å². The highest BCUT2D eigenvalue weighted by Crippen LogP contribution is 1.98. The Morgan fingerprint density at radius 1 is 1.67 bits per heavy atom. The fourth-order valence-electron chi connectivity index (χ4n) is 0.682. The molecule has 12 heavy (non-hydrogen) atoms. The van der Waals surface area contributed by atoms with Crippen molar-refractivity contribution in [2.75, 3.05) is 0 Å². The van der Waals surface area contributed by atoms with E-state index in [2.05, 4.69) is 6.58 Å². The van der Waals surface area contributed by atoms with Gasteiger partial charge in [0.2, 0.25) is 0 Å². The molecular weight excluding hydrogens is 152 g/mol. The molecule has 0 aromatic carbocycles. The van der Waals surface area contributed by atoms with E-state index in [-0.39, 0.29) is 12.1 Å². The number of carbonyl (C=O) groups is 1. The summed E-state index contributed by atoms with van der Waals surface area (Å²) >= 11 is 0. The second-order valence-corrected chi connectivity index (χ2v) is 2.54. The molecule has 0 amide bonds. The summed E-state index contributed by atoms with van der Waals surface area (Å²) in [6, 6.07) is 0. The molecule has 2 heteroatoms. The number of rotatable bonds is 5. The van der Waals surface area contributed by atoms with E-state index >= 15 is 0 Å². The molecule has 0 heterocycles. The highest BCUT2D eigenvalue weighted by Gasteiger charge is 2.03. The zero-order chi connectivity index (χ0) is 9.40. The van der Waals surface area contributed by atoms with Gasteiger partial charge in [-0.05, 0) is 20.3 Å². The van der Waals surface area contributed by atoms with E-state index in [9.17, 15) is 4.79 Å². The van der Waals surface area contributed by atoms with E-state index < -0.39 is 0 Å². The first kappa shape index (κ1) is 11.0.